The number of benzene rings is 1. The molecule has 0 aliphatic carbocycles. The molecule has 0 saturated heterocycles. The molecule has 0 aliphatic rings. The van der Waals surface area contributed by atoms with E-state index in [2.05, 4.69) is 0 Å². The van der Waals surface area contributed by atoms with Crippen molar-refractivity contribution in [3.05, 3.63) is 35.4 Å². The van der Waals surface area contributed by atoms with Crippen molar-refractivity contribution in [2.24, 2.45) is 5.73 Å². The minimum absolute atomic E-state index is 0. The maximum atomic E-state index is 8.68. The van der Waals surface area contributed by atoms with Gasteiger partial charge in [-0.3, -0.25) is 0 Å². The predicted molar refractivity (Wildman–Crippen MR) is 57.0 cm³/mol. The molecule has 14 heavy (non-hydrogen) atoms. The van der Waals surface area contributed by atoms with Gasteiger partial charge in [-0.2, -0.15) is 5.26 Å². The Morgan fingerprint density at radius 3 is 2.79 bits per heavy atom. The number of hydrogen-bond acceptors (Lipinski definition) is 3. The van der Waals surface area contributed by atoms with Crippen LogP contribution >= 0.6 is 12.4 Å². The molecule has 1 aromatic carbocycles. The smallest absolute Gasteiger partial charge is 0.0991 e. The molecule has 0 bridgehead atoms. The Labute approximate surface area is 89.6 Å². The second-order valence-electron chi connectivity index (χ2n) is 2.86. The van der Waals surface area contributed by atoms with Crippen molar-refractivity contribution in [2.45, 2.75) is 12.5 Å². The van der Waals surface area contributed by atoms with Crippen molar-refractivity contribution in [1.82, 2.24) is 0 Å². The van der Waals surface area contributed by atoms with E-state index in [4.69, 9.17) is 16.1 Å². The number of nitrogens with zero attached hydrogens (tertiary/aromatic N) is 1. The summed E-state index contributed by atoms with van der Waals surface area (Å²) >= 11 is 0. The molecule has 0 amide bonds. The van der Waals surface area contributed by atoms with E-state index < -0.39 is 0 Å². The number of hydrogen-bond donors (Lipinski definition) is 2. The average molecular weight is 213 g/mol. The molecular formula is C10H13ClN2O. The highest BCUT2D eigenvalue weighted by Crippen LogP contribution is 2.14. The zero-order chi connectivity index (χ0) is 9.68. The number of rotatable bonds is 3. The Morgan fingerprint density at radius 2 is 2.21 bits per heavy atom. The molecule has 1 aromatic rings. The lowest BCUT2D eigenvalue weighted by Crippen LogP contribution is -2.11. The monoisotopic (exact) mass is 212 g/mol. The molecule has 0 spiro atoms. The lowest BCUT2D eigenvalue weighted by Gasteiger charge is -2.09. The summed E-state index contributed by atoms with van der Waals surface area (Å²) < 4.78 is 0. The molecule has 0 heterocycles. The summed E-state index contributed by atoms with van der Waals surface area (Å²) in [7, 11) is 0. The van der Waals surface area contributed by atoms with Gasteiger partial charge in [0.05, 0.1) is 11.6 Å². The minimum Gasteiger partial charge on any atom is -0.396 e. The van der Waals surface area contributed by atoms with Gasteiger partial charge in [0, 0.05) is 12.6 Å². The molecule has 1 atom stereocenters. The predicted octanol–water partition coefficient (Wildman–Crippen LogP) is 1.36. The summed E-state index contributed by atoms with van der Waals surface area (Å²) in [6.07, 6.45) is 0.523. The van der Waals surface area contributed by atoms with Gasteiger partial charge in [-0.15, -0.1) is 12.4 Å². The zero-order valence-electron chi connectivity index (χ0n) is 7.68. The van der Waals surface area contributed by atoms with Crippen LogP contribution in [0.2, 0.25) is 0 Å². The van der Waals surface area contributed by atoms with Crippen molar-refractivity contribution in [3.63, 3.8) is 0 Å². The second kappa shape index (κ2) is 6.39. The number of halogens is 1. The first-order chi connectivity index (χ1) is 6.27. The summed E-state index contributed by atoms with van der Waals surface area (Å²) in [5.41, 5.74) is 7.26. The van der Waals surface area contributed by atoms with Gasteiger partial charge in [-0.1, -0.05) is 12.1 Å². The van der Waals surface area contributed by atoms with Crippen LogP contribution in [0.3, 0.4) is 0 Å². The topological polar surface area (TPSA) is 70.0 Å². The average Bonchev–Trinajstić information content (AvgIpc) is 2.18. The minimum atomic E-state index is -0.182. The SMILES string of the molecule is Cl.N#Cc1cccc([C@@H](N)CCO)c1. The molecule has 3 N–H and O–H groups in total. The molecule has 3 nitrogen and oxygen atoms in total. The van der Waals surface area contributed by atoms with E-state index in [0.29, 0.717) is 12.0 Å². The Morgan fingerprint density at radius 1 is 1.50 bits per heavy atom. The van der Waals surface area contributed by atoms with E-state index in [1.54, 1.807) is 18.2 Å². The molecular weight excluding hydrogens is 200 g/mol. The Balaban J connectivity index is 0.00000169. The third-order valence-electron chi connectivity index (χ3n) is 1.88. The molecule has 0 radical (unpaired) electrons. The Kier molecular flexibility index (Phi) is 5.89. The number of nitriles is 1. The van der Waals surface area contributed by atoms with Gasteiger partial charge in [0.25, 0.3) is 0 Å². The van der Waals surface area contributed by atoms with Crippen molar-refractivity contribution in [1.29, 1.82) is 5.26 Å². The van der Waals surface area contributed by atoms with Crippen molar-refractivity contribution in [3.8, 4) is 6.07 Å². The van der Waals surface area contributed by atoms with E-state index in [0.717, 1.165) is 5.56 Å². The molecule has 4 heteroatoms. The van der Waals surface area contributed by atoms with Crippen LogP contribution in [0.4, 0.5) is 0 Å². The van der Waals surface area contributed by atoms with Crippen LogP contribution in [0, 0.1) is 11.3 Å². The first-order valence-electron chi connectivity index (χ1n) is 4.14. The van der Waals surface area contributed by atoms with E-state index in [1.165, 1.54) is 0 Å². The van der Waals surface area contributed by atoms with Gasteiger partial charge >= 0.3 is 0 Å². The van der Waals surface area contributed by atoms with Crippen molar-refractivity contribution >= 4 is 12.4 Å². The fourth-order valence-electron chi connectivity index (χ4n) is 1.14. The van der Waals surface area contributed by atoms with Crippen LogP contribution in [0.25, 0.3) is 0 Å². The number of aliphatic hydroxyl groups excluding tert-OH is 1. The fraction of sp³-hybridized carbons (Fsp3) is 0.300. The third kappa shape index (κ3) is 3.35. The second-order valence-corrected chi connectivity index (χ2v) is 2.86. The number of aliphatic hydroxyl groups is 1. The largest absolute Gasteiger partial charge is 0.396 e. The highest BCUT2D eigenvalue weighted by Gasteiger charge is 2.04. The van der Waals surface area contributed by atoms with Crippen LogP contribution in [0.1, 0.15) is 23.6 Å². The van der Waals surface area contributed by atoms with E-state index >= 15 is 0 Å². The maximum absolute atomic E-state index is 8.68. The van der Waals surface area contributed by atoms with Gasteiger partial charge in [0.2, 0.25) is 0 Å². The van der Waals surface area contributed by atoms with Crippen LogP contribution in [-0.2, 0) is 0 Å². The summed E-state index contributed by atoms with van der Waals surface area (Å²) in [5, 5.41) is 17.3. The van der Waals surface area contributed by atoms with Gasteiger partial charge in [0.15, 0.2) is 0 Å². The Bertz CT molecular complexity index is 322. The van der Waals surface area contributed by atoms with Crippen LogP contribution in [0.15, 0.2) is 24.3 Å². The van der Waals surface area contributed by atoms with Gasteiger partial charge < -0.3 is 10.8 Å². The molecule has 0 unspecified atom stereocenters. The molecule has 0 aromatic heterocycles. The van der Waals surface area contributed by atoms with Gasteiger partial charge in [-0.25, -0.2) is 0 Å². The normalized spacial score (nSPS) is 11.2. The number of nitrogens with two attached hydrogens (primary N) is 1. The van der Waals surface area contributed by atoms with Crippen molar-refractivity contribution in [2.75, 3.05) is 6.61 Å². The van der Waals surface area contributed by atoms with E-state index in [9.17, 15) is 0 Å². The summed E-state index contributed by atoms with van der Waals surface area (Å²) in [4.78, 5) is 0. The van der Waals surface area contributed by atoms with Crippen molar-refractivity contribution < 1.29 is 5.11 Å². The molecule has 0 aliphatic heterocycles. The highest BCUT2D eigenvalue weighted by atomic mass is 35.5. The highest BCUT2D eigenvalue weighted by molar-refractivity contribution is 5.85. The lowest BCUT2D eigenvalue weighted by atomic mass is 10.0. The molecule has 76 valence electrons. The maximum Gasteiger partial charge on any atom is 0.0991 e. The van der Waals surface area contributed by atoms with Crippen LogP contribution < -0.4 is 5.73 Å². The fourth-order valence-corrected chi connectivity index (χ4v) is 1.14. The molecule has 0 fully saturated rings. The molecule has 0 saturated carbocycles. The van der Waals surface area contributed by atoms with Gasteiger partial charge in [-0.05, 0) is 24.1 Å². The quantitative estimate of drug-likeness (QED) is 0.795. The first kappa shape index (κ1) is 12.9. The Hall–Kier alpha value is -1.08. The lowest BCUT2D eigenvalue weighted by molar-refractivity contribution is 0.276. The summed E-state index contributed by atoms with van der Waals surface area (Å²) in [6, 6.07) is 9.00. The third-order valence-corrected chi connectivity index (χ3v) is 1.88. The van der Waals surface area contributed by atoms with E-state index in [1.807, 2.05) is 12.1 Å². The van der Waals surface area contributed by atoms with E-state index in [-0.39, 0.29) is 25.1 Å². The molecule has 1 rings (SSSR count). The van der Waals surface area contributed by atoms with Gasteiger partial charge in [0.1, 0.15) is 0 Å². The summed E-state index contributed by atoms with van der Waals surface area (Å²) in [6.45, 7) is 0.0674. The zero-order valence-corrected chi connectivity index (χ0v) is 8.50. The van der Waals surface area contributed by atoms with Crippen LogP contribution in [0.5, 0.6) is 0 Å². The summed E-state index contributed by atoms with van der Waals surface area (Å²) in [5.74, 6) is 0. The standard InChI is InChI=1S/C10H12N2O.ClH/c11-7-8-2-1-3-9(6-8)10(12)4-5-13;/h1-3,6,10,13H,4-5,12H2;1H/t10-;/m0./s1. The van der Waals surface area contributed by atoms with Crippen LogP contribution in [-0.4, -0.2) is 11.7 Å². The first-order valence-corrected chi connectivity index (χ1v) is 4.14.